The van der Waals surface area contributed by atoms with Crippen molar-refractivity contribution >= 4 is 23.0 Å². The van der Waals surface area contributed by atoms with Crippen LogP contribution >= 0.6 is 0 Å². The molecule has 2 N–H and O–H groups in total. The van der Waals surface area contributed by atoms with E-state index < -0.39 is 4.92 Å². The molecule has 0 saturated heterocycles. The molecule has 0 unspecified atom stereocenters. The summed E-state index contributed by atoms with van der Waals surface area (Å²) in [6, 6.07) is 7.62. The van der Waals surface area contributed by atoms with Gasteiger partial charge in [0.2, 0.25) is 11.6 Å². The molecule has 0 bridgehead atoms. The number of aromatic nitrogens is 2. The van der Waals surface area contributed by atoms with Gasteiger partial charge in [0.25, 0.3) is 0 Å². The van der Waals surface area contributed by atoms with Crippen LogP contribution in [-0.2, 0) is 11.2 Å². The van der Waals surface area contributed by atoms with Gasteiger partial charge in [-0.2, -0.15) is 0 Å². The Morgan fingerprint density at radius 3 is 2.70 bits per heavy atom. The fourth-order valence-corrected chi connectivity index (χ4v) is 2.12. The maximum absolute atomic E-state index is 11.4. The van der Waals surface area contributed by atoms with E-state index in [1.807, 2.05) is 31.2 Å². The number of benzene rings is 1. The number of nitro groups is 1. The van der Waals surface area contributed by atoms with Crippen LogP contribution in [0.1, 0.15) is 12.5 Å². The zero-order chi connectivity index (χ0) is 16.7. The van der Waals surface area contributed by atoms with Crippen molar-refractivity contribution in [3.8, 4) is 0 Å². The number of nitrogens with one attached hydrogen (secondary N) is 2. The number of para-hydroxylation sites is 1. The van der Waals surface area contributed by atoms with Crippen LogP contribution in [0.25, 0.3) is 0 Å². The molecule has 122 valence electrons. The molecule has 0 radical (unpaired) electrons. The second kappa shape index (κ2) is 8.04. The first-order valence-corrected chi connectivity index (χ1v) is 7.24. The van der Waals surface area contributed by atoms with E-state index in [0.717, 1.165) is 17.7 Å². The Morgan fingerprint density at radius 2 is 2.00 bits per heavy atom. The minimum absolute atomic E-state index is 0.158. The van der Waals surface area contributed by atoms with Gasteiger partial charge in [-0.05, 0) is 18.1 Å². The van der Waals surface area contributed by atoms with Gasteiger partial charge in [0.15, 0.2) is 0 Å². The molecule has 0 saturated carbocycles. The van der Waals surface area contributed by atoms with E-state index in [9.17, 15) is 10.1 Å². The van der Waals surface area contributed by atoms with Crippen molar-refractivity contribution in [2.45, 2.75) is 13.3 Å². The van der Waals surface area contributed by atoms with E-state index in [0.29, 0.717) is 13.2 Å². The second-order valence-corrected chi connectivity index (χ2v) is 4.73. The van der Waals surface area contributed by atoms with E-state index >= 15 is 0 Å². The number of aryl methyl sites for hydroxylation is 1. The molecule has 0 aliphatic carbocycles. The molecule has 8 heteroatoms. The maximum Gasteiger partial charge on any atom is 0.353 e. The number of ether oxygens (including phenoxy) is 1. The standard InChI is InChI=1S/C15H19N5O3/c1-3-11-6-4-5-7-12(11)19-15-13(20(21)22)14(17-10-18-15)16-8-9-23-2/h4-7,10H,3,8-9H2,1-2H3,(H2,16,17,18,19). The number of methoxy groups -OCH3 is 1. The van der Waals surface area contributed by atoms with Crippen molar-refractivity contribution in [1.29, 1.82) is 0 Å². The average Bonchev–Trinajstić information content (AvgIpc) is 2.55. The molecule has 2 aromatic rings. The third-order valence-corrected chi connectivity index (χ3v) is 3.25. The Balaban J connectivity index is 2.34. The SMILES string of the molecule is CCc1ccccc1Nc1ncnc(NCCOC)c1[N+](=O)[O-]. The summed E-state index contributed by atoms with van der Waals surface area (Å²) in [4.78, 5) is 18.9. The summed E-state index contributed by atoms with van der Waals surface area (Å²) < 4.78 is 4.93. The summed E-state index contributed by atoms with van der Waals surface area (Å²) >= 11 is 0. The van der Waals surface area contributed by atoms with Crippen molar-refractivity contribution in [3.63, 3.8) is 0 Å². The highest BCUT2D eigenvalue weighted by molar-refractivity contribution is 5.74. The van der Waals surface area contributed by atoms with Crippen LogP contribution in [0, 0.1) is 10.1 Å². The molecule has 0 spiro atoms. The van der Waals surface area contributed by atoms with Crippen LogP contribution in [0.4, 0.5) is 23.0 Å². The van der Waals surface area contributed by atoms with Crippen molar-refractivity contribution in [3.05, 3.63) is 46.3 Å². The van der Waals surface area contributed by atoms with E-state index in [1.165, 1.54) is 6.33 Å². The predicted molar refractivity (Wildman–Crippen MR) is 88.2 cm³/mol. The Labute approximate surface area is 134 Å². The third-order valence-electron chi connectivity index (χ3n) is 3.25. The van der Waals surface area contributed by atoms with Crippen molar-refractivity contribution in [2.75, 3.05) is 30.9 Å². The van der Waals surface area contributed by atoms with Gasteiger partial charge in [0, 0.05) is 19.3 Å². The lowest BCUT2D eigenvalue weighted by molar-refractivity contribution is -0.383. The van der Waals surface area contributed by atoms with Crippen LogP contribution in [0.5, 0.6) is 0 Å². The van der Waals surface area contributed by atoms with Gasteiger partial charge in [-0.1, -0.05) is 25.1 Å². The van der Waals surface area contributed by atoms with E-state index in [2.05, 4.69) is 20.6 Å². The van der Waals surface area contributed by atoms with Crippen LogP contribution in [0.2, 0.25) is 0 Å². The van der Waals surface area contributed by atoms with Gasteiger partial charge >= 0.3 is 5.69 Å². The Morgan fingerprint density at radius 1 is 1.26 bits per heavy atom. The van der Waals surface area contributed by atoms with Gasteiger partial charge in [-0.3, -0.25) is 10.1 Å². The summed E-state index contributed by atoms with van der Waals surface area (Å²) in [6.07, 6.45) is 2.10. The fraction of sp³-hybridized carbons (Fsp3) is 0.333. The van der Waals surface area contributed by atoms with Crippen LogP contribution in [0.3, 0.4) is 0 Å². The normalized spacial score (nSPS) is 10.3. The van der Waals surface area contributed by atoms with Gasteiger partial charge in [-0.15, -0.1) is 0 Å². The number of hydrogen-bond acceptors (Lipinski definition) is 7. The lowest BCUT2D eigenvalue weighted by atomic mass is 10.1. The smallest absolute Gasteiger partial charge is 0.353 e. The summed E-state index contributed by atoms with van der Waals surface area (Å²) in [6.45, 7) is 2.86. The minimum Gasteiger partial charge on any atom is -0.383 e. The van der Waals surface area contributed by atoms with E-state index in [4.69, 9.17) is 4.74 Å². The molecule has 1 aromatic carbocycles. The molecule has 23 heavy (non-hydrogen) atoms. The Hall–Kier alpha value is -2.74. The second-order valence-electron chi connectivity index (χ2n) is 4.73. The maximum atomic E-state index is 11.4. The quantitative estimate of drug-likeness (QED) is 0.438. The number of rotatable bonds is 8. The first kappa shape index (κ1) is 16.6. The minimum atomic E-state index is -0.494. The largest absolute Gasteiger partial charge is 0.383 e. The molecule has 0 amide bonds. The first-order valence-electron chi connectivity index (χ1n) is 7.24. The molecule has 0 atom stereocenters. The fourth-order valence-electron chi connectivity index (χ4n) is 2.12. The average molecular weight is 317 g/mol. The van der Waals surface area contributed by atoms with Crippen LogP contribution in [0.15, 0.2) is 30.6 Å². The zero-order valence-corrected chi connectivity index (χ0v) is 13.1. The van der Waals surface area contributed by atoms with E-state index in [-0.39, 0.29) is 17.3 Å². The summed E-state index contributed by atoms with van der Waals surface area (Å²) in [5.41, 5.74) is 1.66. The van der Waals surface area contributed by atoms with Crippen molar-refractivity contribution in [2.24, 2.45) is 0 Å². The zero-order valence-electron chi connectivity index (χ0n) is 13.1. The van der Waals surface area contributed by atoms with Crippen molar-refractivity contribution in [1.82, 2.24) is 9.97 Å². The number of anilines is 3. The van der Waals surface area contributed by atoms with Crippen LogP contribution in [-0.4, -0.2) is 35.2 Å². The molecule has 1 aromatic heterocycles. The molecule has 8 nitrogen and oxygen atoms in total. The van der Waals surface area contributed by atoms with Gasteiger partial charge < -0.3 is 15.4 Å². The molecule has 0 aliphatic rings. The number of nitrogens with zero attached hydrogens (tertiary/aromatic N) is 3. The Kier molecular flexibility index (Phi) is 5.81. The lowest BCUT2D eigenvalue weighted by Gasteiger charge is -2.12. The highest BCUT2D eigenvalue weighted by Gasteiger charge is 2.23. The van der Waals surface area contributed by atoms with Gasteiger partial charge in [0.05, 0.1) is 11.5 Å². The third kappa shape index (κ3) is 4.13. The molecular formula is C15H19N5O3. The highest BCUT2D eigenvalue weighted by atomic mass is 16.6. The monoisotopic (exact) mass is 317 g/mol. The first-order chi connectivity index (χ1) is 11.2. The van der Waals surface area contributed by atoms with E-state index in [1.54, 1.807) is 7.11 Å². The van der Waals surface area contributed by atoms with Crippen molar-refractivity contribution < 1.29 is 9.66 Å². The summed E-state index contributed by atoms with van der Waals surface area (Å²) in [5, 5.41) is 17.4. The lowest BCUT2D eigenvalue weighted by Crippen LogP contribution is -2.12. The van der Waals surface area contributed by atoms with Gasteiger partial charge in [0.1, 0.15) is 6.33 Å². The highest BCUT2D eigenvalue weighted by Crippen LogP contribution is 2.31. The number of hydrogen-bond donors (Lipinski definition) is 2. The molecule has 0 fully saturated rings. The van der Waals surface area contributed by atoms with Crippen LogP contribution < -0.4 is 10.6 Å². The predicted octanol–water partition coefficient (Wildman–Crippen LogP) is 2.75. The molecular weight excluding hydrogens is 298 g/mol. The topological polar surface area (TPSA) is 102 Å². The molecule has 2 rings (SSSR count). The van der Waals surface area contributed by atoms with Gasteiger partial charge in [-0.25, -0.2) is 9.97 Å². The Bertz CT molecular complexity index is 678. The summed E-state index contributed by atoms with van der Waals surface area (Å²) in [7, 11) is 1.56. The molecule has 0 aliphatic heterocycles. The summed E-state index contributed by atoms with van der Waals surface area (Å²) in [5.74, 6) is 0.323. The molecule has 1 heterocycles.